The quantitative estimate of drug-likeness (QED) is 0.768. The van der Waals surface area contributed by atoms with Gasteiger partial charge in [-0.05, 0) is 49.7 Å². The number of carbonyl (C=O) groups excluding carboxylic acids is 1. The van der Waals surface area contributed by atoms with Gasteiger partial charge in [-0.1, -0.05) is 0 Å². The Labute approximate surface area is 145 Å². The number of aromatic nitrogens is 1. The van der Waals surface area contributed by atoms with Crippen LogP contribution in [0.25, 0.3) is 10.2 Å². The van der Waals surface area contributed by atoms with Crippen LogP contribution < -0.4 is 22.1 Å². The number of nitrogens with zero attached hydrogens (tertiary/aromatic N) is 2. The van der Waals surface area contributed by atoms with Gasteiger partial charge in [-0.2, -0.15) is 0 Å². The number of rotatable bonds is 2. The first-order valence-electron chi connectivity index (χ1n) is 8.60. The van der Waals surface area contributed by atoms with Crippen LogP contribution in [0.3, 0.4) is 0 Å². The fourth-order valence-corrected chi connectivity index (χ4v) is 4.92. The number of pyridine rings is 1. The number of aryl methyl sites for hydroxylation is 1. The van der Waals surface area contributed by atoms with Crippen LogP contribution in [-0.4, -0.2) is 30.0 Å². The number of primary amides is 1. The molecule has 4 rings (SSSR count). The third kappa shape index (κ3) is 2.43. The smallest absolute Gasteiger partial charge is 0.260 e. The molecular formula is C17H23N5OS. The molecule has 7 heteroatoms. The number of thiophene rings is 1. The summed E-state index contributed by atoms with van der Waals surface area (Å²) in [6, 6.07) is 0.291. The van der Waals surface area contributed by atoms with Crippen LogP contribution in [0.4, 0.5) is 11.5 Å². The van der Waals surface area contributed by atoms with Crippen molar-refractivity contribution < 1.29 is 4.79 Å². The van der Waals surface area contributed by atoms with Crippen LogP contribution in [0.5, 0.6) is 0 Å². The summed E-state index contributed by atoms with van der Waals surface area (Å²) in [4.78, 5) is 20.2. The Balaban J connectivity index is 1.90. The van der Waals surface area contributed by atoms with Gasteiger partial charge in [0.05, 0.1) is 5.69 Å². The summed E-state index contributed by atoms with van der Waals surface area (Å²) in [5, 5.41) is 0.959. The van der Waals surface area contributed by atoms with Gasteiger partial charge in [0.1, 0.15) is 15.5 Å². The largest absolute Gasteiger partial charge is 0.397 e. The minimum atomic E-state index is -0.467. The maximum Gasteiger partial charge on any atom is 0.260 e. The molecule has 0 radical (unpaired) electrons. The van der Waals surface area contributed by atoms with Gasteiger partial charge < -0.3 is 22.1 Å². The van der Waals surface area contributed by atoms with E-state index >= 15 is 0 Å². The van der Waals surface area contributed by atoms with Crippen molar-refractivity contribution in [3.8, 4) is 0 Å². The van der Waals surface area contributed by atoms with Crippen molar-refractivity contribution in [3.05, 3.63) is 16.0 Å². The van der Waals surface area contributed by atoms with Gasteiger partial charge in [0, 0.05) is 24.5 Å². The molecule has 1 aliphatic carbocycles. The highest BCUT2D eigenvalue weighted by Crippen LogP contribution is 2.42. The Morgan fingerprint density at radius 2 is 1.83 bits per heavy atom. The monoisotopic (exact) mass is 345 g/mol. The summed E-state index contributed by atoms with van der Waals surface area (Å²) >= 11 is 1.32. The highest BCUT2D eigenvalue weighted by atomic mass is 32.1. The van der Waals surface area contributed by atoms with Crippen molar-refractivity contribution >= 4 is 39.0 Å². The first-order valence-corrected chi connectivity index (χ1v) is 9.42. The SMILES string of the molecule is NC(=O)c1sc2nc(N3CCC(N)CC3)c3c(c2c1N)CCCC3. The Hall–Kier alpha value is -1.86. The number of fused-ring (bicyclic) bond motifs is 3. The van der Waals surface area contributed by atoms with Crippen molar-refractivity contribution in [2.75, 3.05) is 23.7 Å². The fraction of sp³-hybridized carbons (Fsp3) is 0.529. The van der Waals surface area contributed by atoms with Gasteiger partial charge in [0.15, 0.2) is 0 Å². The molecule has 24 heavy (non-hydrogen) atoms. The molecule has 1 fully saturated rings. The summed E-state index contributed by atoms with van der Waals surface area (Å²) in [6.07, 6.45) is 6.33. The Morgan fingerprint density at radius 3 is 2.50 bits per heavy atom. The minimum absolute atomic E-state index is 0.291. The summed E-state index contributed by atoms with van der Waals surface area (Å²) < 4.78 is 0. The second kappa shape index (κ2) is 5.89. The number of hydrogen-bond donors (Lipinski definition) is 3. The van der Waals surface area contributed by atoms with E-state index in [0.29, 0.717) is 16.6 Å². The van der Waals surface area contributed by atoms with Crippen molar-refractivity contribution in [2.45, 2.75) is 44.6 Å². The molecule has 0 spiro atoms. The van der Waals surface area contributed by atoms with Gasteiger partial charge in [0.2, 0.25) is 0 Å². The van der Waals surface area contributed by atoms with Crippen LogP contribution in [0.15, 0.2) is 0 Å². The number of anilines is 2. The molecule has 6 nitrogen and oxygen atoms in total. The second-order valence-corrected chi connectivity index (χ2v) is 7.81. The second-order valence-electron chi connectivity index (χ2n) is 6.81. The molecule has 0 unspecified atom stereocenters. The van der Waals surface area contributed by atoms with Gasteiger partial charge in [0.25, 0.3) is 5.91 Å². The lowest BCUT2D eigenvalue weighted by atomic mass is 9.89. The number of hydrogen-bond acceptors (Lipinski definition) is 6. The zero-order chi connectivity index (χ0) is 16.8. The predicted octanol–water partition coefficient (Wildman–Crippen LogP) is 1.78. The normalized spacial score (nSPS) is 18.8. The first kappa shape index (κ1) is 15.7. The molecule has 0 bridgehead atoms. The lowest BCUT2D eigenvalue weighted by Crippen LogP contribution is -2.40. The molecule has 2 aromatic heterocycles. The average molecular weight is 345 g/mol. The van der Waals surface area contributed by atoms with Crippen LogP contribution in [-0.2, 0) is 12.8 Å². The molecule has 6 N–H and O–H groups in total. The molecule has 3 heterocycles. The lowest BCUT2D eigenvalue weighted by molar-refractivity contribution is 0.100. The number of carbonyl (C=O) groups is 1. The lowest BCUT2D eigenvalue weighted by Gasteiger charge is -2.34. The van der Waals surface area contributed by atoms with Crippen LogP contribution in [0.1, 0.15) is 46.5 Å². The maximum absolute atomic E-state index is 11.7. The Morgan fingerprint density at radius 1 is 1.17 bits per heavy atom. The van der Waals surface area contributed by atoms with E-state index < -0.39 is 5.91 Å². The molecular weight excluding hydrogens is 322 g/mol. The predicted molar refractivity (Wildman–Crippen MR) is 98.6 cm³/mol. The molecule has 0 aromatic carbocycles. The van der Waals surface area contributed by atoms with E-state index in [9.17, 15) is 4.79 Å². The fourth-order valence-electron chi connectivity index (χ4n) is 3.95. The Kier molecular flexibility index (Phi) is 3.85. The van der Waals surface area contributed by atoms with Crippen molar-refractivity contribution in [1.82, 2.24) is 4.98 Å². The zero-order valence-electron chi connectivity index (χ0n) is 13.7. The molecule has 0 atom stereocenters. The number of piperidine rings is 1. The Bertz CT molecular complexity index is 807. The first-order chi connectivity index (χ1) is 11.6. The van der Waals surface area contributed by atoms with E-state index in [1.54, 1.807) is 0 Å². The van der Waals surface area contributed by atoms with Gasteiger partial charge in [-0.25, -0.2) is 4.98 Å². The van der Waals surface area contributed by atoms with Crippen LogP contribution >= 0.6 is 11.3 Å². The van der Waals surface area contributed by atoms with E-state index in [0.717, 1.165) is 61.2 Å². The number of nitrogen functional groups attached to an aromatic ring is 1. The maximum atomic E-state index is 11.7. The topological polar surface area (TPSA) is 111 Å². The third-order valence-corrected chi connectivity index (χ3v) is 6.35. The van der Waals surface area contributed by atoms with E-state index in [-0.39, 0.29) is 0 Å². The molecule has 1 amide bonds. The van der Waals surface area contributed by atoms with Crippen LogP contribution in [0, 0.1) is 0 Å². The zero-order valence-corrected chi connectivity index (χ0v) is 14.5. The van der Waals surface area contributed by atoms with Crippen molar-refractivity contribution in [2.24, 2.45) is 11.5 Å². The molecule has 1 aliphatic heterocycles. The number of nitrogens with two attached hydrogens (primary N) is 3. The molecule has 128 valence electrons. The van der Waals surface area contributed by atoms with Gasteiger partial charge in [-0.3, -0.25) is 4.79 Å². The number of amides is 1. The van der Waals surface area contributed by atoms with E-state index in [2.05, 4.69) is 4.90 Å². The molecule has 1 saturated heterocycles. The van der Waals surface area contributed by atoms with Gasteiger partial charge >= 0.3 is 0 Å². The van der Waals surface area contributed by atoms with Crippen molar-refractivity contribution in [3.63, 3.8) is 0 Å². The molecule has 2 aromatic rings. The van der Waals surface area contributed by atoms with E-state index in [1.165, 1.54) is 28.9 Å². The van der Waals surface area contributed by atoms with Crippen molar-refractivity contribution in [1.29, 1.82) is 0 Å². The highest BCUT2D eigenvalue weighted by molar-refractivity contribution is 7.21. The standard InChI is InChI=1S/C17H23N5OS/c18-9-5-7-22(8-6-9)16-11-4-2-1-3-10(11)12-13(19)14(15(20)23)24-17(12)21-16/h9H,1-8,18-19H2,(H2,20,23). The van der Waals surface area contributed by atoms with Crippen LogP contribution in [0.2, 0.25) is 0 Å². The minimum Gasteiger partial charge on any atom is -0.397 e. The summed E-state index contributed by atoms with van der Waals surface area (Å²) in [5.74, 6) is 0.604. The van der Waals surface area contributed by atoms with E-state index in [1.807, 2.05) is 0 Å². The molecule has 0 saturated carbocycles. The third-order valence-electron chi connectivity index (χ3n) is 5.24. The summed E-state index contributed by atoms with van der Waals surface area (Å²) in [5.41, 5.74) is 20.9. The van der Waals surface area contributed by atoms with E-state index in [4.69, 9.17) is 22.2 Å². The van der Waals surface area contributed by atoms with Gasteiger partial charge in [-0.15, -0.1) is 11.3 Å². The average Bonchev–Trinajstić information content (AvgIpc) is 2.92. The summed E-state index contributed by atoms with van der Waals surface area (Å²) in [7, 11) is 0. The molecule has 2 aliphatic rings. The summed E-state index contributed by atoms with van der Waals surface area (Å²) in [6.45, 7) is 1.88. The highest BCUT2D eigenvalue weighted by Gasteiger charge is 2.27.